The Hall–Kier alpha value is -2.17. The fourth-order valence-corrected chi connectivity index (χ4v) is 2.28. The van der Waals surface area contributed by atoms with Gasteiger partial charge in [-0.2, -0.15) is 0 Å². The summed E-state index contributed by atoms with van der Waals surface area (Å²) >= 11 is 0. The summed E-state index contributed by atoms with van der Waals surface area (Å²) in [5, 5.41) is 2.88. The third-order valence-corrected chi connectivity index (χ3v) is 3.54. The Labute approximate surface area is 131 Å². The molecule has 2 aromatic rings. The van der Waals surface area contributed by atoms with E-state index in [4.69, 9.17) is 11.5 Å². The van der Waals surface area contributed by atoms with Gasteiger partial charge < -0.3 is 16.8 Å². The summed E-state index contributed by atoms with van der Waals surface area (Å²) in [5.74, 6) is -0.151. The maximum atomic E-state index is 12.1. The van der Waals surface area contributed by atoms with E-state index in [9.17, 15) is 4.79 Å². The molecule has 0 fully saturated rings. The molecule has 0 saturated carbocycles. The Bertz CT molecular complexity index is 598. The van der Waals surface area contributed by atoms with E-state index in [1.54, 1.807) is 0 Å². The Balaban J connectivity index is 2.00. The van der Waals surface area contributed by atoms with E-state index in [2.05, 4.69) is 5.32 Å². The van der Waals surface area contributed by atoms with Gasteiger partial charge in [-0.1, -0.05) is 48.9 Å². The molecule has 0 radical (unpaired) electrons. The van der Waals surface area contributed by atoms with Crippen molar-refractivity contribution in [1.29, 1.82) is 0 Å². The normalized spacial score (nSPS) is 11.9. The molecule has 1 amide bonds. The molecule has 0 aliphatic heterocycles. The summed E-state index contributed by atoms with van der Waals surface area (Å²) in [6, 6.07) is 17.3. The van der Waals surface area contributed by atoms with Crippen molar-refractivity contribution in [2.75, 3.05) is 11.9 Å². The summed E-state index contributed by atoms with van der Waals surface area (Å²) < 4.78 is 0. The number of benzene rings is 2. The second-order valence-electron chi connectivity index (χ2n) is 5.33. The van der Waals surface area contributed by atoms with Gasteiger partial charge in [-0.3, -0.25) is 4.79 Å². The molecule has 22 heavy (non-hydrogen) atoms. The Morgan fingerprint density at radius 1 is 1.00 bits per heavy atom. The first kappa shape index (κ1) is 16.2. The molecule has 0 spiro atoms. The lowest BCUT2D eigenvalue weighted by Crippen LogP contribution is -2.35. The van der Waals surface area contributed by atoms with Crippen molar-refractivity contribution >= 4 is 11.6 Å². The van der Waals surface area contributed by atoms with Crippen LogP contribution >= 0.6 is 0 Å². The minimum absolute atomic E-state index is 0.151. The summed E-state index contributed by atoms with van der Waals surface area (Å²) in [6.45, 7) is 0.632. The van der Waals surface area contributed by atoms with Gasteiger partial charge in [0.15, 0.2) is 0 Å². The summed E-state index contributed by atoms with van der Waals surface area (Å²) in [4.78, 5) is 12.1. The third-order valence-electron chi connectivity index (χ3n) is 3.54. The van der Waals surface area contributed by atoms with Crippen LogP contribution in [-0.2, 0) is 4.79 Å². The molecular weight excluding hydrogens is 274 g/mol. The number of amides is 1. The van der Waals surface area contributed by atoms with Crippen LogP contribution in [0.3, 0.4) is 0 Å². The highest BCUT2D eigenvalue weighted by Crippen LogP contribution is 2.22. The monoisotopic (exact) mass is 297 g/mol. The third kappa shape index (κ3) is 4.69. The molecule has 0 bridgehead atoms. The van der Waals surface area contributed by atoms with Gasteiger partial charge in [-0.15, -0.1) is 0 Å². The molecule has 4 nitrogen and oxygen atoms in total. The molecule has 0 unspecified atom stereocenters. The minimum Gasteiger partial charge on any atom is -0.330 e. The zero-order valence-corrected chi connectivity index (χ0v) is 12.7. The number of unbranched alkanes of at least 4 members (excludes halogenated alkanes) is 1. The molecule has 0 saturated heterocycles. The number of nitrogens with one attached hydrogen (secondary N) is 1. The zero-order valence-electron chi connectivity index (χ0n) is 12.7. The van der Waals surface area contributed by atoms with Crippen molar-refractivity contribution in [3.05, 3.63) is 54.6 Å². The highest BCUT2D eigenvalue weighted by atomic mass is 16.2. The van der Waals surface area contributed by atoms with E-state index in [-0.39, 0.29) is 5.91 Å². The molecule has 0 heterocycles. The highest BCUT2D eigenvalue weighted by molar-refractivity contribution is 5.95. The Morgan fingerprint density at radius 2 is 1.73 bits per heavy atom. The molecular formula is C18H23N3O. The standard InChI is InChI=1S/C18H23N3O/c19-12-5-4-11-17(20)18(22)21-16-10-6-9-15(13-16)14-7-2-1-3-8-14/h1-3,6-10,13,17H,4-5,11-12,19-20H2,(H,21,22)/t17-/m0/s1. The van der Waals surface area contributed by atoms with E-state index in [0.29, 0.717) is 13.0 Å². The lowest BCUT2D eigenvalue weighted by atomic mass is 10.0. The van der Waals surface area contributed by atoms with Gasteiger partial charge in [-0.25, -0.2) is 0 Å². The molecule has 1 atom stereocenters. The molecule has 0 aliphatic carbocycles. The smallest absolute Gasteiger partial charge is 0.241 e. The fraction of sp³-hybridized carbons (Fsp3) is 0.278. The second kappa shape index (κ2) is 8.32. The van der Waals surface area contributed by atoms with Crippen LogP contribution in [0.15, 0.2) is 54.6 Å². The van der Waals surface area contributed by atoms with Crippen LogP contribution in [0.2, 0.25) is 0 Å². The maximum Gasteiger partial charge on any atom is 0.241 e. The summed E-state index contributed by atoms with van der Waals surface area (Å²) in [5.41, 5.74) is 14.3. The van der Waals surface area contributed by atoms with Crippen LogP contribution in [-0.4, -0.2) is 18.5 Å². The molecule has 5 N–H and O–H groups in total. The van der Waals surface area contributed by atoms with Gasteiger partial charge in [0.25, 0.3) is 0 Å². The number of rotatable bonds is 7. The van der Waals surface area contributed by atoms with Crippen LogP contribution in [0.25, 0.3) is 11.1 Å². The van der Waals surface area contributed by atoms with E-state index < -0.39 is 6.04 Å². The van der Waals surface area contributed by atoms with Gasteiger partial charge in [0.2, 0.25) is 5.91 Å². The average Bonchev–Trinajstić information content (AvgIpc) is 2.56. The number of carbonyl (C=O) groups is 1. The van der Waals surface area contributed by atoms with Gasteiger partial charge in [-0.05, 0) is 42.6 Å². The van der Waals surface area contributed by atoms with Crippen molar-refractivity contribution < 1.29 is 4.79 Å². The molecule has 0 aliphatic rings. The molecule has 0 aromatic heterocycles. The number of hydrogen-bond donors (Lipinski definition) is 3. The van der Waals surface area contributed by atoms with Crippen LogP contribution in [0.4, 0.5) is 5.69 Å². The van der Waals surface area contributed by atoms with Crippen molar-refractivity contribution in [2.24, 2.45) is 11.5 Å². The van der Waals surface area contributed by atoms with Gasteiger partial charge in [0.1, 0.15) is 0 Å². The first-order valence-electron chi connectivity index (χ1n) is 7.62. The predicted octanol–water partition coefficient (Wildman–Crippen LogP) is 2.75. The van der Waals surface area contributed by atoms with Crippen molar-refractivity contribution in [3.8, 4) is 11.1 Å². The van der Waals surface area contributed by atoms with Gasteiger partial charge >= 0.3 is 0 Å². The number of anilines is 1. The molecule has 116 valence electrons. The Morgan fingerprint density at radius 3 is 2.45 bits per heavy atom. The topological polar surface area (TPSA) is 81.1 Å². The van der Waals surface area contributed by atoms with Crippen molar-refractivity contribution in [1.82, 2.24) is 0 Å². The van der Waals surface area contributed by atoms with Crippen LogP contribution in [0, 0.1) is 0 Å². The zero-order chi connectivity index (χ0) is 15.8. The quantitative estimate of drug-likeness (QED) is 0.687. The van der Waals surface area contributed by atoms with Crippen LogP contribution < -0.4 is 16.8 Å². The number of hydrogen-bond acceptors (Lipinski definition) is 3. The SMILES string of the molecule is NCCCC[C@H](N)C(=O)Nc1cccc(-c2ccccc2)c1. The van der Waals surface area contributed by atoms with Gasteiger partial charge in [0.05, 0.1) is 6.04 Å². The number of carbonyl (C=O) groups excluding carboxylic acids is 1. The lowest BCUT2D eigenvalue weighted by Gasteiger charge is -2.13. The molecule has 2 rings (SSSR count). The average molecular weight is 297 g/mol. The van der Waals surface area contributed by atoms with E-state index in [1.807, 2.05) is 54.6 Å². The first-order chi connectivity index (χ1) is 10.7. The van der Waals surface area contributed by atoms with Crippen molar-refractivity contribution in [3.63, 3.8) is 0 Å². The largest absolute Gasteiger partial charge is 0.330 e. The molecule has 2 aromatic carbocycles. The fourth-order valence-electron chi connectivity index (χ4n) is 2.28. The maximum absolute atomic E-state index is 12.1. The van der Waals surface area contributed by atoms with Crippen LogP contribution in [0.1, 0.15) is 19.3 Å². The highest BCUT2D eigenvalue weighted by Gasteiger charge is 2.13. The summed E-state index contributed by atoms with van der Waals surface area (Å²) in [6.07, 6.45) is 2.42. The lowest BCUT2D eigenvalue weighted by molar-refractivity contribution is -0.117. The summed E-state index contributed by atoms with van der Waals surface area (Å²) in [7, 11) is 0. The van der Waals surface area contributed by atoms with Crippen LogP contribution in [0.5, 0.6) is 0 Å². The van der Waals surface area contributed by atoms with Crippen molar-refractivity contribution in [2.45, 2.75) is 25.3 Å². The first-order valence-corrected chi connectivity index (χ1v) is 7.62. The Kier molecular flexibility index (Phi) is 6.13. The van der Waals surface area contributed by atoms with E-state index in [0.717, 1.165) is 29.7 Å². The van der Waals surface area contributed by atoms with E-state index in [1.165, 1.54) is 0 Å². The second-order valence-corrected chi connectivity index (χ2v) is 5.33. The number of nitrogens with two attached hydrogens (primary N) is 2. The minimum atomic E-state index is -0.494. The molecule has 4 heteroatoms. The predicted molar refractivity (Wildman–Crippen MR) is 91.4 cm³/mol. The van der Waals surface area contributed by atoms with Gasteiger partial charge in [0, 0.05) is 5.69 Å². The van der Waals surface area contributed by atoms with E-state index >= 15 is 0 Å².